The molecule has 1 saturated carbocycles. The highest BCUT2D eigenvalue weighted by Gasteiger charge is 2.23. The third-order valence-corrected chi connectivity index (χ3v) is 3.25. The second-order valence-electron chi connectivity index (χ2n) is 4.37. The lowest BCUT2D eigenvalue weighted by Crippen LogP contribution is -2.25. The van der Waals surface area contributed by atoms with Crippen molar-refractivity contribution in [2.24, 2.45) is 0 Å². The molecule has 5 heteroatoms. The highest BCUT2D eigenvalue weighted by atomic mass is 16.1. The summed E-state index contributed by atoms with van der Waals surface area (Å²) in [5.74, 6) is 0.204. The molecule has 1 amide bonds. The van der Waals surface area contributed by atoms with E-state index >= 15 is 0 Å². The molecule has 1 heterocycles. The van der Waals surface area contributed by atoms with Gasteiger partial charge in [0.1, 0.15) is 6.54 Å². The molecule has 2 rings (SSSR count). The van der Waals surface area contributed by atoms with Crippen molar-refractivity contribution in [2.45, 2.75) is 38.0 Å². The van der Waals surface area contributed by atoms with Crippen molar-refractivity contribution in [1.82, 2.24) is 15.5 Å². The van der Waals surface area contributed by atoms with Crippen molar-refractivity contribution in [3.05, 3.63) is 17.5 Å². The number of hydrogen-bond acceptors (Lipinski definition) is 3. The topological polar surface area (TPSA) is 81.6 Å². The third kappa shape index (κ3) is 2.64. The normalized spacial score (nSPS) is 16.4. The number of aromatic amines is 1. The fraction of sp³-hybridized carbons (Fsp3) is 0.583. The van der Waals surface area contributed by atoms with Gasteiger partial charge in [-0.05, 0) is 12.8 Å². The molecule has 0 bridgehead atoms. The van der Waals surface area contributed by atoms with Crippen LogP contribution in [-0.4, -0.2) is 22.6 Å². The van der Waals surface area contributed by atoms with Crippen molar-refractivity contribution < 1.29 is 4.79 Å². The molecule has 0 aromatic carbocycles. The van der Waals surface area contributed by atoms with Crippen LogP contribution in [0.25, 0.3) is 0 Å². The number of rotatable bonds is 3. The van der Waals surface area contributed by atoms with Gasteiger partial charge in [0.15, 0.2) is 0 Å². The van der Waals surface area contributed by atoms with Crippen LogP contribution in [-0.2, 0) is 0 Å². The summed E-state index contributed by atoms with van der Waals surface area (Å²) in [6.45, 7) is 0.0358. The highest BCUT2D eigenvalue weighted by Crippen LogP contribution is 2.32. The number of amides is 1. The smallest absolute Gasteiger partial charge is 0.255 e. The number of H-pyrrole nitrogens is 1. The van der Waals surface area contributed by atoms with Crippen molar-refractivity contribution in [1.29, 1.82) is 5.26 Å². The van der Waals surface area contributed by atoms with Gasteiger partial charge in [0.2, 0.25) is 0 Å². The molecule has 0 spiro atoms. The van der Waals surface area contributed by atoms with Gasteiger partial charge in [0.05, 0.1) is 23.5 Å². The Labute approximate surface area is 100 Å². The minimum atomic E-state index is -0.208. The van der Waals surface area contributed by atoms with Crippen LogP contribution in [0.1, 0.15) is 54.1 Å². The number of aromatic nitrogens is 2. The van der Waals surface area contributed by atoms with Crippen molar-refractivity contribution in [2.75, 3.05) is 6.54 Å². The predicted molar refractivity (Wildman–Crippen MR) is 62.4 cm³/mol. The van der Waals surface area contributed by atoms with Gasteiger partial charge in [-0.1, -0.05) is 19.3 Å². The fourth-order valence-electron chi connectivity index (χ4n) is 2.39. The fourth-order valence-corrected chi connectivity index (χ4v) is 2.39. The highest BCUT2D eigenvalue weighted by molar-refractivity contribution is 5.95. The molecule has 0 aliphatic heterocycles. The first-order valence-corrected chi connectivity index (χ1v) is 6.01. The Bertz CT molecular complexity index is 426. The van der Waals surface area contributed by atoms with E-state index in [1.807, 2.05) is 6.07 Å². The second-order valence-corrected chi connectivity index (χ2v) is 4.37. The summed E-state index contributed by atoms with van der Waals surface area (Å²) in [6, 6.07) is 1.90. The molecule has 1 fully saturated rings. The molecule has 1 aliphatic rings. The molecular weight excluding hydrogens is 216 g/mol. The molecule has 0 unspecified atom stereocenters. The van der Waals surface area contributed by atoms with Gasteiger partial charge in [0.25, 0.3) is 5.91 Å². The lowest BCUT2D eigenvalue weighted by atomic mass is 9.85. The molecule has 2 N–H and O–H groups in total. The average molecular weight is 232 g/mol. The standard InChI is InChI=1S/C12H16N4O/c13-6-7-14-12(17)10-8-15-16-11(10)9-4-2-1-3-5-9/h8-9H,1-5,7H2,(H,14,17)(H,15,16). The van der Waals surface area contributed by atoms with Crippen LogP contribution in [0, 0.1) is 11.3 Å². The van der Waals surface area contributed by atoms with Crippen LogP contribution in [0.3, 0.4) is 0 Å². The van der Waals surface area contributed by atoms with Gasteiger partial charge < -0.3 is 5.32 Å². The van der Waals surface area contributed by atoms with E-state index in [9.17, 15) is 4.79 Å². The zero-order chi connectivity index (χ0) is 12.1. The number of hydrogen-bond donors (Lipinski definition) is 2. The van der Waals surface area contributed by atoms with Crippen LogP contribution < -0.4 is 5.32 Å². The van der Waals surface area contributed by atoms with E-state index in [1.165, 1.54) is 19.3 Å². The van der Waals surface area contributed by atoms with Crippen molar-refractivity contribution in [3.8, 4) is 6.07 Å². The maximum Gasteiger partial charge on any atom is 0.255 e. The zero-order valence-corrected chi connectivity index (χ0v) is 9.70. The third-order valence-electron chi connectivity index (χ3n) is 3.25. The molecule has 0 atom stereocenters. The second kappa shape index (κ2) is 5.48. The van der Waals surface area contributed by atoms with Gasteiger partial charge in [-0.3, -0.25) is 9.89 Å². The minimum Gasteiger partial charge on any atom is -0.339 e. The van der Waals surface area contributed by atoms with E-state index < -0.39 is 0 Å². The number of nitrogens with zero attached hydrogens (tertiary/aromatic N) is 2. The molecule has 17 heavy (non-hydrogen) atoms. The molecule has 1 aromatic heterocycles. The van der Waals surface area contributed by atoms with E-state index in [0.717, 1.165) is 18.5 Å². The Morgan fingerprint density at radius 1 is 1.53 bits per heavy atom. The average Bonchev–Trinajstić information content (AvgIpc) is 2.86. The summed E-state index contributed by atoms with van der Waals surface area (Å²) < 4.78 is 0. The van der Waals surface area contributed by atoms with Gasteiger partial charge in [-0.25, -0.2) is 0 Å². The van der Waals surface area contributed by atoms with Crippen LogP contribution >= 0.6 is 0 Å². The zero-order valence-electron chi connectivity index (χ0n) is 9.70. The Morgan fingerprint density at radius 2 is 2.29 bits per heavy atom. The molecular formula is C12H16N4O. The van der Waals surface area contributed by atoms with Crippen LogP contribution in [0.2, 0.25) is 0 Å². The first-order valence-electron chi connectivity index (χ1n) is 6.01. The molecule has 90 valence electrons. The lowest BCUT2D eigenvalue weighted by molar-refractivity contribution is 0.0957. The van der Waals surface area contributed by atoms with Crippen LogP contribution in [0.15, 0.2) is 6.20 Å². The quantitative estimate of drug-likeness (QED) is 0.778. The summed E-state index contributed by atoms with van der Waals surface area (Å²) in [4.78, 5) is 11.8. The van der Waals surface area contributed by atoms with Crippen molar-refractivity contribution in [3.63, 3.8) is 0 Å². The van der Waals surface area contributed by atoms with Gasteiger partial charge in [0, 0.05) is 5.92 Å². The largest absolute Gasteiger partial charge is 0.339 e. The Kier molecular flexibility index (Phi) is 3.76. The number of nitrogens with one attached hydrogen (secondary N) is 2. The van der Waals surface area contributed by atoms with Gasteiger partial charge in [-0.2, -0.15) is 10.4 Å². The summed E-state index contributed by atoms with van der Waals surface area (Å²) in [5, 5.41) is 17.9. The first-order chi connectivity index (χ1) is 8.33. The monoisotopic (exact) mass is 232 g/mol. The van der Waals surface area contributed by atoms with Gasteiger partial charge >= 0.3 is 0 Å². The summed E-state index contributed by atoms with van der Waals surface area (Å²) in [7, 11) is 0. The molecule has 1 aliphatic carbocycles. The molecule has 0 saturated heterocycles. The summed E-state index contributed by atoms with van der Waals surface area (Å²) in [5.41, 5.74) is 1.52. The first kappa shape index (κ1) is 11.6. The maximum absolute atomic E-state index is 11.8. The van der Waals surface area contributed by atoms with Gasteiger partial charge in [-0.15, -0.1) is 0 Å². The molecule has 0 radical (unpaired) electrons. The SMILES string of the molecule is N#CCNC(=O)c1cn[nH]c1C1CCCCC1. The lowest BCUT2D eigenvalue weighted by Gasteiger charge is -2.21. The Morgan fingerprint density at radius 3 is 3.00 bits per heavy atom. The van der Waals surface area contributed by atoms with E-state index in [1.54, 1.807) is 6.20 Å². The van der Waals surface area contributed by atoms with E-state index in [-0.39, 0.29) is 12.5 Å². The van der Waals surface area contributed by atoms with Crippen molar-refractivity contribution >= 4 is 5.91 Å². The van der Waals surface area contributed by atoms with E-state index in [0.29, 0.717) is 11.5 Å². The predicted octanol–water partition coefficient (Wildman–Crippen LogP) is 1.71. The number of carbonyl (C=O) groups is 1. The van der Waals surface area contributed by atoms with Crippen LogP contribution in [0.4, 0.5) is 0 Å². The summed E-state index contributed by atoms with van der Waals surface area (Å²) >= 11 is 0. The summed E-state index contributed by atoms with van der Waals surface area (Å²) in [6.07, 6.45) is 7.48. The Hall–Kier alpha value is -1.83. The van der Waals surface area contributed by atoms with Crippen LogP contribution in [0.5, 0.6) is 0 Å². The minimum absolute atomic E-state index is 0.0358. The maximum atomic E-state index is 11.8. The Balaban J connectivity index is 2.10. The number of nitriles is 1. The van der Waals surface area contributed by atoms with E-state index in [2.05, 4.69) is 15.5 Å². The molecule has 5 nitrogen and oxygen atoms in total. The van der Waals surface area contributed by atoms with E-state index in [4.69, 9.17) is 5.26 Å². The number of carbonyl (C=O) groups excluding carboxylic acids is 1. The molecule has 1 aromatic rings.